The number of aliphatic imine (C=N–C) groups is 1. The highest BCUT2D eigenvalue weighted by Crippen LogP contribution is 2.35. The van der Waals surface area contributed by atoms with Gasteiger partial charge in [-0.1, -0.05) is 24.3 Å². The topological polar surface area (TPSA) is 98.2 Å². The predicted octanol–water partition coefficient (Wildman–Crippen LogP) is 3.98. The van der Waals surface area contributed by atoms with E-state index in [4.69, 9.17) is 0 Å². The van der Waals surface area contributed by atoms with E-state index in [1.165, 1.54) is 5.57 Å². The molecule has 0 bridgehead atoms. The number of hydrogen-bond acceptors (Lipinski definition) is 6. The molecule has 3 aliphatic rings. The molecule has 1 N–H and O–H groups in total. The Labute approximate surface area is 241 Å². The SMILES string of the molecule is C=CC(/C=C/C(=O)N1CC=C(Cc2nccs2)CC1)=C\NC(CCC1(C=O)CCN(C(=O)N2CCC2)CC1)=NC. The van der Waals surface area contributed by atoms with E-state index in [9.17, 15) is 14.4 Å². The fraction of sp³-hybridized carbons (Fsp3) is 0.500. The first kappa shape index (κ1) is 29.5. The van der Waals surface area contributed by atoms with Gasteiger partial charge in [0.15, 0.2) is 0 Å². The third-order valence-corrected chi connectivity index (χ3v) is 8.85. The minimum Gasteiger partial charge on any atom is -0.350 e. The first-order valence-electron chi connectivity index (χ1n) is 14.0. The van der Waals surface area contributed by atoms with Gasteiger partial charge in [-0.25, -0.2) is 9.78 Å². The normalized spacial score (nSPS) is 19.7. The summed E-state index contributed by atoms with van der Waals surface area (Å²) >= 11 is 1.66. The highest BCUT2D eigenvalue weighted by Gasteiger charge is 2.37. The number of aldehydes is 1. The molecule has 1 aromatic rings. The number of allylic oxidation sites excluding steroid dienone is 3. The maximum atomic E-state index is 12.7. The van der Waals surface area contributed by atoms with Crippen molar-refractivity contribution in [1.29, 1.82) is 0 Å². The number of amides is 3. The molecule has 2 saturated heterocycles. The Morgan fingerprint density at radius 1 is 1.15 bits per heavy atom. The quantitative estimate of drug-likeness (QED) is 0.116. The van der Waals surface area contributed by atoms with E-state index in [-0.39, 0.29) is 11.9 Å². The number of amidine groups is 1. The van der Waals surface area contributed by atoms with Gasteiger partial charge < -0.3 is 24.8 Å². The lowest BCUT2D eigenvalue weighted by molar-refractivity contribution is -0.125. The average Bonchev–Trinajstić information content (AvgIpc) is 3.47. The number of thiazole rings is 1. The van der Waals surface area contributed by atoms with Crippen LogP contribution in [0.3, 0.4) is 0 Å². The number of aromatic nitrogens is 1. The van der Waals surface area contributed by atoms with Gasteiger partial charge in [0, 0.05) is 88.4 Å². The van der Waals surface area contributed by atoms with Gasteiger partial charge in [0.25, 0.3) is 0 Å². The molecule has 0 spiro atoms. The summed E-state index contributed by atoms with van der Waals surface area (Å²) in [6, 6.07) is 0.102. The molecule has 9 nitrogen and oxygen atoms in total. The van der Waals surface area contributed by atoms with Crippen molar-refractivity contribution >= 4 is 35.4 Å². The number of likely N-dealkylation sites (tertiary alicyclic amines) is 2. The van der Waals surface area contributed by atoms with E-state index >= 15 is 0 Å². The van der Waals surface area contributed by atoms with Gasteiger partial charge in [0.2, 0.25) is 5.91 Å². The molecule has 3 amide bonds. The van der Waals surface area contributed by atoms with E-state index in [2.05, 4.69) is 27.9 Å². The zero-order valence-electron chi connectivity index (χ0n) is 23.4. The second-order valence-electron chi connectivity index (χ2n) is 10.6. The highest BCUT2D eigenvalue weighted by atomic mass is 32.1. The summed E-state index contributed by atoms with van der Waals surface area (Å²) in [4.78, 5) is 51.6. The number of carbonyl (C=O) groups is 3. The third-order valence-electron chi connectivity index (χ3n) is 8.07. The number of rotatable bonds is 10. The van der Waals surface area contributed by atoms with E-state index in [0.29, 0.717) is 51.9 Å². The van der Waals surface area contributed by atoms with E-state index in [1.807, 2.05) is 26.3 Å². The molecule has 0 aromatic carbocycles. The molecule has 3 aliphatic heterocycles. The van der Waals surface area contributed by atoms with Crippen molar-refractivity contribution in [3.63, 3.8) is 0 Å². The molecule has 2 fully saturated rings. The first-order chi connectivity index (χ1) is 19.4. The summed E-state index contributed by atoms with van der Waals surface area (Å²) in [7, 11) is 1.72. The fourth-order valence-electron chi connectivity index (χ4n) is 5.11. The molecule has 0 saturated carbocycles. The van der Waals surface area contributed by atoms with Crippen molar-refractivity contribution in [2.45, 2.75) is 44.9 Å². The molecule has 214 valence electrons. The van der Waals surface area contributed by atoms with E-state index in [0.717, 1.165) is 55.1 Å². The standard InChI is InChI=1S/C30H40N6O3S/c1-3-24(5-6-28(38)34-16-8-25(9-17-34)21-27-32-13-20-40-27)22-33-26(31-2)7-10-30(23-37)11-18-36(19-12-30)29(39)35-14-4-15-35/h3,5-6,8,13,20,22-23H,1,4,7,9-12,14-19,21H2,2H3,(H,31,33)/b6-5+,24-22+. The Balaban J connectivity index is 1.23. The van der Waals surface area contributed by atoms with Gasteiger partial charge in [0.05, 0.1) is 10.8 Å². The van der Waals surface area contributed by atoms with Crippen LogP contribution in [0.2, 0.25) is 0 Å². The number of piperidine rings is 1. The van der Waals surface area contributed by atoms with Crippen molar-refractivity contribution in [2.24, 2.45) is 10.4 Å². The summed E-state index contributed by atoms with van der Waals surface area (Å²) in [6.07, 6.45) is 17.2. The van der Waals surface area contributed by atoms with Crippen molar-refractivity contribution in [3.05, 3.63) is 64.8 Å². The number of carbonyl (C=O) groups excluding carboxylic acids is 3. The van der Waals surface area contributed by atoms with Crippen LogP contribution in [-0.2, 0) is 16.0 Å². The van der Waals surface area contributed by atoms with Crippen molar-refractivity contribution < 1.29 is 14.4 Å². The summed E-state index contributed by atoms with van der Waals surface area (Å²) in [5.41, 5.74) is 1.64. The molecule has 1 aromatic heterocycles. The number of urea groups is 1. The van der Waals surface area contributed by atoms with Crippen LogP contribution < -0.4 is 5.32 Å². The molecule has 10 heteroatoms. The van der Waals surface area contributed by atoms with Crippen LogP contribution in [0.1, 0.15) is 43.5 Å². The lowest BCUT2D eigenvalue weighted by Gasteiger charge is -2.42. The van der Waals surface area contributed by atoms with Crippen molar-refractivity contribution in [3.8, 4) is 0 Å². The predicted molar refractivity (Wildman–Crippen MR) is 159 cm³/mol. The minimum absolute atomic E-state index is 0.0338. The largest absolute Gasteiger partial charge is 0.350 e. The molecular weight excluding hydrogens is 524 g/mol. The lowest BCUT2D eigenvalue weighted by Crippen LogP contribution is -2.53. The molecular formula is C30H40N6O3S. The maximum absolute atomic E-state index is 12.7. The van der Waals surface area contributed by atoms with Crippen LogP contribution in [-0.4, -0.2) is 90.1 Å². The zero-order chi connectivity index (χ0) is 28.4. The number of nitrogens with zero attached hydrogens (tertiary/aromatic N) is 5. The van der Waals surface area contributed by atoms with E-state index in [1.54, 1.807) is 42.8 Å². The molecule has 4 heterocycles. The van der Waals surface area contributed by atoms with Crippen molar-refractivity contribution in [2.75, 3.05) is 46.3 Å². The van der Waals surface area contributed by atoms with Crippen LogP contribution in [0.4, 0.5) is 4.79 Å². The summed E-state index contributed by atoms with van der Waals surface area (Å²) in [6.45, 7) is 8.06. The zero-order valence-corrected chi connectivity index (χ0v) is 24.2. The van der Waals surface area contributed by atoms with E-state index < -0.39 is 5.41 Å². The summed E-state index contributed by atoms with van der Waals surface area (Å²) < 4.78 is 0. The van der Waals surface area contributed by atoms with Crippen LogP contribution in [0.25, 0.3) is 0 Å². The Bertz CT molecular complexity index is 1170. The molecule has 0 aliphatic carbocycles. The Kier molecular flexibility index (Phi) is 10.5. The molecule has 0 radical (unpaired) electrons. The Morgan fingerprint density at radius 2 is 1.93 bits per heavy atom. The van der Waals surface area contributed by atoms with Crippen LogP contribution in [0.5, 0.6) is 0 Å². The maximum Gasteiger partial charge on any atom is 0.320 e. The van der Waals surface area contributed by atoms with Gasteiger partial charge in [-0.05, 0) is 43.8 Å². The van der Waals surface area contributed by atoms with Crippen molar-refractivity contribution in [1.82, 2.24) is 25.0 Å². The van der Waals surface area contributed by atoms with Crippen LogP contribution in [0, 0.1) is 5.41 Å². The van der Waals surface area contributed by atoms with Gasteiger partial charge in [-0.3, -0.25) is 9.79 Å². The monoisotopic (exact) mass is 564 g/mol. The lowest BCUT2D eigenvalue weighted by atomic mass is 9.76. The second kappa shape index (κ2) is 14.2. The van der Waals surface area contributed by atoms with Gasteiger partial charge in [0.1, 0.15) is 6.29 Å². The number of hydrogen-bond donors (Lipinski definition) is 1. The van der Waals surface area contributed by atoms with Gasteiger partial charge in [-0.15, -0.1) is 11.3 Å². The van der Waals surface area contributed by atoms with Crippen LogP contribution >= 0.6 is 11.3 Å². The highest BCUT2D eigenvalue weighted by molar-refractivity contribution is 7.09. The smallest absolute Gasteiger partial charge is 0.320 e. The molecule has 0 atom stereocenters. The van der Waals surface area contributed by atoms with Gasteiger partial charge in [-0.2, -0.15) is 0 Å². The van der Waals surface area contributed by atoms with Gasteiger partial charge >= 0.3 is 6.03 Å². The molecule has 4 rings (SSSR count). The second-order valence-corrected chi connectivity index (χ2v) is 11.6. The fourth-order valence-corrected chi connectivity index (χ4v) is 5.78. The molecule has 40 heavy (non-hydrogen) atoms. The summed E-state index contributed by atoms with van der Waals surface area (Å²) in [5.74, 6) is 0.724. The third kappa shape index (κ3) is 7.78. The Morgan fingerprint density at radius 3 is 2.50 bits per heavy atom. The minimum atomic E-state index is -0.441. The molecule has 0 unspecified atom stereocenters. The average molecular weight is 565 g/mol. The van der Waals surface area contributed by atoms with Crippen LogP contribution in [0.15, 0.2) is 64.8 Å². The Hall–Kier alpha value is -3.53. The number of nitrogens with one attached hydrogen (secondary N) is 1. The summed E-state index contributed by atoms with van der Waals surface area (Å²) in [5, 5.41) is 6.32. The first-order valence-corrected chi connectivity index (χ1v) is 14.9.